The van der Waals surface area contributed by atoms with Crippen LogP contribution in [0.3, 0.4) is 0 Å². The van der Waals surface area contributed by atoms with Crippen molar-refractivity contribution in [3.05, 3.63) is 0 Å². The normalized spacial score (nSPS) is 5.29. The van der Waals surface area contributed by atoms with Crippen molar-refractivity contribution >= 4 is 0 Å². The molecular formula is C10H25NbO5Ta. The molecule has 0 aliphatic heterocycles. The van der Waals surface area contributed by atoms with Crippen molar-refractivity contribution < 1.29 is 70.3 Å². The Morgan fingerprint density at radius 2 is 0.471 bits per heavy atom. The molecule has 0 rings (SSSR count). The molecule has 0 fully saturated rings. The van der Waals surface area contributed by atoms with Gasteiger partial charge in [-0.05, 0) is 0 Å². The molecule has 0 N–H and O–H groups in total. The third-order valence-corrected chi connectivity index (χ3v) is 0. The van der Waals surface area contributed by atoms with E-state index in [9.17, 15) is 0 Å². The molecule has 0 saturated carbocycles. The predicted octanol–water partition coefficient (Wildman–Crippen LogP) is -3.17. The van der Waals surface area contributed by atoms with Crippen LogP contribution in [0.4, 0.5) is 0 Å². The average Bonchev–Trinajstić information content (AvgIpc) is 2.09. The van der Waals surface area contributed by atoms with Crippen molar-refractivity contribution in [1.82, 2.24) is 0 Å². The zero-order valence-corrected chi connectivity index (χ0v) is 16.9. The van der Waals surface area contributed by atoms with Gasteiger partial charge in [-0.2, -0.15) is 0 Å². The van der Waals surface area contributed by atoms with Crippen LogP contribution < -0.4 is 25.5 Å². The van der Waals surface area contributed by atoms with Crippen molar-refractivity contribution in [3.63, 3.8) is 0 Å². The summed E-state index contributed by atoms with van der Waals surface area (Å²) in [5.41, 5.74) is 0. The number of hydrogen-bond donors (Lipinski definition) is 0. The van der Waals surface area contributed by atoms with Gasteiger partial charge >= 0.3 is 22.4 Å². The minimum atomic E-state index is 0. The summed E-state index contributed by atoms with van der Waals surface area (Å²) in [6, 6.07) is 0. The van der Waals surface area contributed by atoms with E-state index in [4.69, 9.17) is 25.5 Å². The summed E-state index contributed by atoms with van der Waals surface area (Å²) in [6.45, 7) is 7.85. The van der Waals surface area contributed by atoms with E-state index in [1.807, 2.05) is 0 Å². The molecule has 0 aliphatic carbocycles. The first kappa shape index (κ1) is 42.9. The van der Waals surface area contributed by atoms with Gasteiger partial charge in [-0.1, -0.05) is 34.6 Å². The Hall–Kier alpha value is 1.28. The van der Waals surface area contributed by atoms with Crippen LogP contribution in [0.5, 0.6) is 0 Å². The Morgan fingerprint density at radius 3 is 0.471 bits per heavy atom. The van der Waals surface area contributed by atoms with Crippen LogP contribution in [0, 0.1) is 0 Å². The van der Waals surface area contributed by atoms with Crippen molar-refractivity contribution in [1.29, 1.82) is 0 Å². The monoisotopic (exact) mass is 499 g/mol. The quantitative estimate of drug-likeness (QED) is 0.327. The molecule has 0 heterocycles. The fourth-order valence-corrected chi connectivity index (χ4v) is 0. The van der Waals surface area contributed by atoms with Gasteiger partial charge in [0.15, 0.2) is 0 Å². The van der Waals surface area contributed by atoms with Gasteiger partial charge in [-0.25, -0.2) is 0 Å². The minimum Gasteiger partial charge on any atom is -0.855 e. The second kappa shape index (κ2) is 116. The van der Waals surface area contributed by atoms with Crippen molar-refractivity contribution in [2.45, 2.75) is 34.6 Å². The maximum atomic E-state index is 8.93. The van der Waals surface area contributed by atoms with Gasteiger partial charge in [0.05, 0.1) is 0 Å². The molecule has 0 aliphatic rings. The number of hydrogen-bond acceptors (Lipinski definition) is 5. The van der Waals surface area contributed by atoms with Gasteiger partial charge in [-0.3, -0.25) is 0 Å². The SMILES string of the molecule is CC[O-].CC[O-].CC[O-].CC[O-].CC[O-].[Nb].[Ta+5]. The fourth-order valence-electron chi connectivity index (χ4n) is 0. The molecule has 0 amide bonds. The molecule has 1 radical (unpaired) electrons. The Kier molecular flexibility index (Phi) is 293. The molecule has 0 unspecified atom stereocenters. The average molecular weight is 499 g/mol. The topological polar surface area (TPSA) is 115 Å². The van der Waals surface area contributed by atoms with Crippen LogP contribution in [0.15, 0.2) is 0 Å². The Labute approximate surface area is 137 Å². The molecule has 0 aromatic carbocycles. The van der Waals surface area contributed by atoms with E-state index in [1.54, 1.807) is 34.6 Å². The largest absolute Gasteiger partial charge is 5.00 e. The Morgan fingerprint density at radius 1 is 0.471 bits per heavy atom. The maximum absolute atomic E-state index is 8.93. The van der Waals surface area contributed by atoms with Crippen LogP contribution in [0.25, 0.3) is 0 Å². The fraction of sp³-hybridized carbons (Fsp3) is 1.00. The third-order valence-electron chi connectivity index (χ3n) is 0. The van der Waals surface area contributed by atoms with Crippen LogP contribution >= 0.6 is 0 Å². The zero-order chi connectivity index (χ0) is 13.5. The van der Waals surface area contributed by atoms with Gasteiger partial charge in [0.25, 0.3) is 0 Å². The van der Waals surface area contributed by atoms with Gasteiger partial charge in [0.2, 0.25) is 0 Å². The van der Waals surface area contributed by atoms with Crippen molar-refractivity contribution in [3.8, 4) is 0 Å². The number of rotatable bonds is 0. The van der Waals surface area contributed by atoms with Crippen LogP contribution in [-0.4, -0.2) is 33.0 Å². The van der Waals surface area contributed by atoms with Crippen LogP contribution in [0.2, 0.25) is 0 Å². The van der Waals surface area contributed by atoms with E-state index >= 15 is 0 Å². The van der Waals surface area contributed by atoms with Crippen LogP contribution in [0.1, 0.15) is 34.6 Å². The van der Waals surface area contributed by atoms with E-state index in [0.717, 1.165) is 0 Å². The summed E-state index contributed by atoms with van der Waals surface area (Å²) in [4.78, 5) is 0. The zero-order valence-electron chi connectivity index (χ0n) is 11.5. The van der Waals surface area contributed by atoms with E-state index in [0.29, 0.717) is 0 Å². The molecule has 5 nitrogen and oxygen atoms in total. The summed E-state index contributed by atoms with van der Waals surface area (Å²) in [6.07, 6.45) is 0. The minimum absolute atomic E-state index is 0. The maximum Gasteiger partial charge on any atom is 5.00 e. The summed E-state index contributed by atoms with van der Waals surface area (Å²) in [5, 5.41) is 44.7. The first-order chi connectivity index (χ1) is 7.07. The molecule has 105 valence electrons. The van der Waals surface area contributed by atoms with Gasteiger partial charge in [0, 0.05) is 22.4 Å². The van der Waals surface area contributed by atoms with E-state index in [-0.39, 0.29) is 77.8 Å². The molecule has 17 heavy (non-hydrogen) atoms. The summed E-state index contributed by atoms with van der Waals surface area (Å²) < 4.78 is 0. The van der Waals surface area contributed by atoms with E-state index in [2.05, 4.69) is 0 Å². The summed E-state index contributed by atoms with van der Waals surface area (Å²) >= 11 is 0. The first-order valence-corrected chi connectivity index (χ1v) is 4.98. The Balaban J connectivity index is -0.0000000143. The molecule has 7 heteroatoms. The second-order valence-electron chi connectivity index (χ2n) is 1.44. The van der Waals surface area contributed by atoms with Crippen molar-refractivity contribution in [2.75, 3.05) is 33.0 Å². The van der Waals surface area contributed by atoms with Crippen LogP contribution in [-0.2, 0) is 44.8 Å². The summed E-state index contributed by atoms with van der Waals surface area (Å²) in [7, 11) is 0. The molecule has 0 aromatic heterocycles. The Bertz CT molecular complexity index is 36.3. The van der Waals surface area contributed by atoms with E-state index < -0.39 is 0 Å². The van der Waals surface area contributed by atoms with Crippen molar-refractivity contribution in [2.24, 2.45) is 0 Å². The smallest absolute Gasteiger partial charge is 0.855 e. The molecule has 0 spiro atoms. The van der Waals surface area contributed by atoms with Gasteiger partial charge in [-0.15, -0.1) is 33.0 Å². The van der Waals surface area contributed by atoms with E-state index in [1.165, 1.54) is 0 Å². The van der Waals surface area contributed by atoms with Gasteiger partial charge < -0.3 is 25.5 Å². The second-order valence-corrected chi connectivity index (χ2v) is 1.44. The standard InChI is InChI=1S/5C2H5O.Nb.Ta/c5*1-2-3;;/h5*2H2,1H3;;/q5*-1;;+5. The summed E-state index contributed by atoms with van der Waals surface area (Å²) in [5.74, 6) is 0. The first-order valence-electron chi connectivity index (χ1n) is 4.98. The third kappa shape index (κ3) is 2460. The molecule has 0 aromatic rings. The molecule has 0 bridgehead atoms. The molecular weight excluding hydrogens is 474 g/mol. The van der Waals surface area contributed by atoms with Gasteiger partial charge in [0.1, 0.15) is 0 Å². The molecule has 0 saturated heterocycles. The molecule has 0 atom stereocenters. The predicted molar refractivity (Wildman–Crippen MR) is 52.7 cm³/mol.